The Labute approximate surface area is 63.4 Å². The van der Waals surface area contributed by atoms with E-state index in [1.807, 2.05) is 0 Å². The zero-order chi connectivity index (χ0) is 7.98. The van der Waals surface area contributed by atoms with Crippen LogP contribution in [-0.4, -0.2) is 11.3 Å². The van der Waals surface area contributed by atoms with Crippen molar-refractivity contribution in [1.82, 2.24) is 0 Å². The van der Waals surface area contributed by atoms with E-state index in [4.69, 9.17) is 10.8 Å². The first-order chi connectivity index (χ1) is 4.66. The van der Waals surface area contributed by atoms with Gasteiger partial charge >= 0.3 is 0 Å². The Kier molecular flexibility index (Phi) is 5.64. The quantitative estimate of drug-likeness (QED) is 0.576. The van der Waals surface area contributed by atoms with E-state index >= 15 is 0 Å². The summed E-state index contributed by atoms with van der Waals surface area (Å²) in [7, 11) is 0. The molecule has 0 aliphatic rings. The maximum absolute atomic E-state index is 8.72. The van der Waals surface area contributed by atoms with E-state index in [1.54, 1.807) is 0 Å². The van der Waals surface area contributed by atoms with Gasteiger partial charge in [-0.1, -0.05) is 26.7 Å². The van der Waals surface area contributed by atoms with Crippen LogP contribution in [0.25, 0.3) is 0 Å². The van der Waals surface area contributed by atoms with Crippen molar-refractivity contribution in [1.29, 1.82) is 0 Å². The highest BCUT2D eigenvalue weighted by molar-refractivity contribution is 4.52. The van der Waals surface area contributed by atoms with Crippen LogP contribution in [0.2, 0.25) is 0 Å². The third-order valence-corrected chi connectivity index (χ3v) is 1.89. The highest BCUT2D eigenvalue weighted by Crippen LogP contribution is 2.10. The second kappa shape index (κ2) is 5.69. The number of rotatable bonds is 5. The molecule has 0 bridgehead atoms. The molecule has 2 unspecified atom stereocenters. The lowest BCUT2D eigenvalue weighted by atomic mass is 10.0. The van der Waals surface area contributed by atoms with Gasteiger partial charge in [0.25, 0.3) is 0 Å². The molecule has 0 aromatic carbocycles. The summed E-state index contributed by atoms with van der Waals surface area (Å²) in [6, 6.07) is 0. The van der Waals surface area contributed by atoms with Crippen LogP contribution in [0.5, 0.6) is 0 Å². The topological polar surface area (TPSA) is 46.2 Å². The summed E-state index contributed by atoms with van der Waals surface area (Å²) in [6.07, 6.45) is 3.59. The molecule has 62 valence electrons. The minimum Gasteiger partial charge on any atom is -0.379 e. The van der Waals surface area contributed by atoms with E-state index in [0.29, 0.717) is 0 Å². The maximum Gasteiger partial charge on any atom is 0.102 e. The summed E-state index contributed by atoms with van der Waals surface area (Å²) < 4.78 is 0. The van der Waals surface area contributed by atoms with E-state index in [0.717, 1.165) is 18.8 Å². The maximum atomic E-state index is 8.72. The molecule has 0 rings (SSSR count). The van der Waals surface area contributed by atoms with Crippen molar-refractivity contribution in [3.05, 3.63) is 0 Å². The van der Waals surface area contributed by atoms with Crippen LogP contribution in [0, 0.1) is 5.92 Å². The summed E-state index contributed by atoms with van der Waals surface area (Å²) in [5.41, 5.74) is 5.18. The first kappa shape index (κ1) is 9.92. The standard InChI is InChI=1S/C8H19NO/c1-3-7(2)5-4-6-8(9)10/h7-8,10H,3-6,9H2,1-2H3. The Morgan fingerprint density at radius 3 is 2.40 bits per heavy atom. The third-order valence-electron chi connectivity index (χ3n) is 1.89. The van der Waals surface area contributed by atoms with Gasteiger partial charge in [-0.2, -0.15) is 0 Å². The Morgan fingerprint density at radius 1 is 1.40 bits per heavy atom. The number of hydrogen-bond acceptors (Lipinski definition) is 2. The predicted octanol–water partition coefficient (Wildman–Crippen LogP) is 1.48. The van der Waals surface area contributed by atoms with Gasteiger partial charge in [0, 0.05) is 0 Å². The lowest BCUT2D eigenvalue weighted by Crippen LogP contribution is -2.18. The molecule has 0 amide bonds. The Morgan fingerprint density at radius 2 is 2.00 bits per heavy atom. The Hall–Kier alpha value is -0.0800. The van der Waals surface area contributed by atoms with Crippen molar-refractivity contribution < 1.29 is 5.11 Å². The molecule has 0 aliphatic carbocycles. The van der Waals surface area contributed by atoms with Crippen LogP contribution < -0.4 is 5.73 Å². The van der Waals surface area contributed by atoms with Crippen molar-refractivity contribution in [2.45, 2.75) is 45.8 Å². The molecule has 3 N–H and O–H groups in total. The minimum atomic E-state index is -0.607. The van der Waals surface area contributed by atoms with E-state index in [2.05, 4.69) is 13.8 Å². The van der Waals surface area contributed by atoms with E-state index in [-0.39, 0.29) is 0 Å². The fraction of sp³-hybridized carbons (Fsp3) is 1.00. The normalized spacial score (nSPS) is 16.8. The first-order valence-corrected chi connectivity index (χ1v) is 4.10. The fourth-order valence-corrected chi connectivity index (χ4v) is 0.880. The van der Waals surface area contributed by atoms with Gasteiger partial charge in [-0.15, -0.1) is 0 Å². The van der Waals surface area contributed by atoms with E-state index < -0.39 is 6.23 Å². The molecular weight excluding hydrogens is 126 g/mol. The van der Waals surface area contributed by atoms with Gasteiger partial charge < -0.3 is 10.8 Å². The minimum absolute atomic E-state index is 0.607. The summed E-state index contributed by atoms with van der Waals surface area (Å²) in [5.74, 6) is 0.777. The van der Waals surface area contributed by atoms with Crippen LogP contribution in [0.1, 0.15) is 39.5 Å². The fourth-order valence-electron chi connectivity index (χ4n) is 0.880. The number of aliphatic hydroxyl groups is 1. The van der Waals surface area contributed by atoms with Gasteiger partial charge in [0.15, 0.2) is 0 Å². The first-order valence-electron chi connectivity index (χ1n) is 4.10. The molecule has 0 saturated heterocycles. The molecule has 2 atom stereocenters. The second-order valence-electron chi connectivity index (χ2n) is 3.01. The largest absolute Gasteiger partial charge is 0.379 e. The lowest BCUT2D eigenvalue weighted by molar-refractivity contribution is 0.166. The zero-order valence-corrected chi connectivity index (χ0v) is 7.01. The molecule has 0 aromatic rings. The van der Waals surface area contributed by atoms with Crippen LogP contribution in [-0.2, 0) is 0 Å². The molecule has 0 aromatic heterocycles. The molecule has 0 fully saturated rings. The lowest BCUT2D eigenvalue weighted by Gasteiger charge is -2.08. The summed E-state index contributed by atoms with van der Waals surface area (Å²) in [5, 5.41) is 8.72. The second-order valence-corrected chi connectivity index (χ2v) is 3.01. The summed E-state index contributed by atoms with van der Waals surface area (Å²) >= 11 is 0. The molecule has 0 saturated carbocycles. The molecule has 0 radical (unpaired) electrons. The van der Waals surface area contributed by atoms with Crippen molar-refractivity contribution >= 4 is 0 Å². The van der Waals surface area contributed by atoms with Crippen molar-refractivity contribution in [2.24, 2.45) is 11.7 Å². The molecular formula is C8H19NO. The summed E-state index contributed by atoms with van der Waals surface area (Å²) in [6.45, 7) is 4.41. The third kappa shape index (κ3) is 6.05. The number of nitrogens with two attached hydrogens (primary N) is 1. The smallest absolute Gasteiger partial charge is 0.102 e. The van der Waals surface area contributed by atoms with Gasteiger partial charge in [-0.3, -0.25) is 0 Å². The van der Waals surface area contributed by atoms with Crippen LogP contribution in [0.4, 0.5) is 0 Å². The predicted molar refractivity (Wildman–Crippen MR) is 43.5 cm³/mol. The molecule has 0 spiro atoms. The molecule has 10 heavy (non-hydrogen) atoms. The van der Waals surface area contributed by atoms with Crippen LogP contribution >= 0.6 is 0 Å². The highest BCUT2D eigenvalue weighted by Gasteiger charge is 2.00. The van der Waals surface area contributed by atoms with Gasteiger partial charge in [0.1, 0.15) is 6.23 Å². The molecule has 2 nitrogen and oxygen atoms in total. The van der Waals surface area contributed by atoms with Crippen LogP contribution in [0.3, 0.4) is 0 Å². The van der Waals surface area contributed by atoms with Gasteiger partial charge in [0.05, 0.1) is 0 Å². The average molecular weight is 145 g/mol. The number of hydrogen-bond donors (Lipinski definition) is 2. The van der Waals surface area contributed by atoms with Crippen molar-refractivity contribution in [2.75, 3.05) is 0 Å². The number of aliphatic hydroxyl groups excluding tert-OH is 1. The van der Waals surface area contributed by atoms with Gasteiger partial charge in [-0.25, -0.2) is 0 Å². The van der Waals surface area contributed by atoms with Crippen LogP contribution in [0.15, 0.2) is 0 Å². The average Bonchev–Trinajstić information content (AvgIpc) is 1.87. The van der Waals surface area contributed by atoms with E-state index in [1.165, 1.54) is 12.8 Å². The van der Waals surface area contributed by atoms with Gasteiger partial charge in [-0.05, 0) is 18.8 Å². The van der Waals surface area contributed by atoms with Crippen molar-refractivity contribution in [3.8, 4) is 0 Å². The highest BCUT2D eigenvalue weighted by atomic mass is 16.3. The Balaban J connectivity index is 3.03. The van der Waals surface area contributed by atoms with Crippen molar-refractivity contribution in [3.63, 3.8) is 0 Å². The summed E-state index contributed by atoms with van der Waals surface area (Å²) in [4.78, 5) is 0. The monoisotopic (exact) mass is 145 g/mol. The van der Waals surface area contributed by atoms with Gasteiger partial charge in [0.2, 0.25) is 0 Å². The molecule has 0 heterocycles. The molecule has 0 aliphatic heterocycles. The SMILES string of the molecule is CCC(C)CCCC(N)O. The Bertz CT molecular complexity index is 73.7. The zero-order valence-electron chi connectivity index (χ0n) is 7.01. The molecule has 2 heteroatoms. The van der Waals surface area contributed by atoms with E-state index in [9.17, 15) is 0 Å².